The van der Waals surface area contributed by atoms with Gasteiger partial charge in [-0.05, 0) is 59.2 Å². The lowest BCUT2D eigenvalue weighted by molar-refractivity contribution is -0.132. The Hall–Kier alpha value is -1.68. The average Bonchev–Trinajstić information content (AvgIpc) is 3.01. The Morgan fingerprint density at radius 3 is 3.10 bits per heavy atom. The number of hydrogen-bond donors (Lipinski definition) is 0. The molecule has 4 heteroatoms. The largest absolute Gasteiger partial charge is 0.342 e. The van der Waals surface area contributed by atoms with Crippen LogP contribution < -0.4 is 0 Å². The highest BCUT2D eigenvalue weighted by Crippen LogP contribution is 2.21. The molecule has 0 spiro atoms. The SMILES string of the molecule is O=C(Cc1ccsc1)N1CCCC(Cc2cccnc2)C1. The van der Waals surface area contributed by atoms with Crippen LogP contribution in [-0.2, 0) is 17.6 Å². The topological polar surface area (TPSA) is 33.2 Å². The van der Waals surface area contributed by atoms with Crippen LogP contribution >= 0.6 is 11.3 Å². The molecule has 1 fully saturated rings. The number of nitrogens with zero attached hydrogens (tertiary/aromatic N) is 2. The molecule has 0 N–H and O–H groups in total. The number of pyridine rings is 1. The predicted octanol–water partition coefficient (Wildman–Crippen LogP) is 3.17. The van der Waals surface area contributed by atoms with Gasteiger partial charge >= 0.3 is 0 Å². The molecule has 0 bridgehead atoms. The van der Waals surface area contributed by atoms with Gasteiger partial charge in [0.25, 0.3) is 0 Å². The molecular weight excluding hydrogens is 280 g/mol. The smallest absolute Gasteiger partial charge is 0.227 e. The number of rotatable bonds is 4. The Labute approximate surface area is 129 Å². The van der Waals surface area contributed by atoms with Crippen molar-refractivity contribution in [2.24, 2.45) is 5.92 Å². The van der Waals surface area contributed by atoms with Gasteiger partial charge in [-0.2, -0.15) is 11.3 Å². The van der Waals surface area contributed by atoms with E-state index < -0.39 is 0 Å². The molecule has 1 amide bonds. The van der Waals surface area contributed by atoms with E-state index >= 15 is 0 Å². The van der Waals surface area contributed by atoms with Crippen LogP contribution in [0.25, 0.3) is 0 Å². The normalized spacial score (nSPS) is 18.7. The molecule has 2 aromatic rings. The van der Waals surface area contributed by atoms with Gasteiger partial charge in [0, 0.05) is 25.5 Å². The molecule has 0 aromatic carbocycles. The molecular formula is C17H20N2OS. The Morgan fingerprint density at radius 2 is 2.33 bits per heavy atom. The van der Waals surface area contributed by atoms with Crippen LogP contribution in [0.3, 0.4) is 0 Å². The number of carbonyl (C=O) groups excluding carboxylic acids is 1. The summed E-state index contributed by atoms with van der Waals surface area (Å²) in [6, 6.07) is 6.15. The van der Waals surface area contributed by atoms with Crippen molar-refractivity contribution in [1.82, 2.24) is 9.88 Å². The van der Waals surface area contributed by atoms with Gasteiger partial charge in [0.15, 0.2) is 0 Å². The molecule has 1 aliphatic heterocycles. The summed E-state index contributed by atoms with van der Waals surface area (Å²) < 4.78 is 0. The third kappa shape index (κ3) is 3.91. The number of likely N-dealkylation sites (tertiary alicyclic amines) is 1. The van der Waals surface area contributed by atoms with Crippen LogP contribution in [0.2, 0.25) is 0 Å². The molecule has 0 saturated carbocycles. The van der Waals surface area contributed by atoms with Crippen molar-refractivity contribution in [3.63, 3.8) is 0 Å². The van der Waals surface area contributed by atoms with E-state index in [1.165, 1.54) is 12.0 Å². The molecule has 1 aliphatic rings. The maximum atomic E-state index is 12.4. The minimum Gasteiger partial charge on any atom is -0.342 e. The van der Waals surface area contributed by atoms with Crippen LogP contribution in [0.4, 0.5) is 0 Å². The number of hydrogen-bond acceptors (Lipinski definition) is 3. The molecule has 3 rings (SSSR count). The van der Waals surface area contributed by atoms with E-state index in [0.717, 1.165) is 31.5 Å². The van der Waals surface area contributed by atoms with Crippen molar-refractivity contribution in [2.45, 2.75) is 25.7 Å². The fourth-order valence-electron chi connectivity index (χ4n) is 2.99. The van der Waals surface area contributed by atoms with Crippen molar-refractivity contribution < 1.29 is 4.79 Å². The Bertz CT molecular complexity index is 568. The minimum absolute atomic E-state index is 0.268. The maximum Gasteiger partial charge on any atom is 0.227 e. The summed E-state index contributed by atoms with van der Waals surface area (Å²) >= 11 is 1.65. The fraction of sp³-hybridized carbons (Fsp3) is 0.412. The van der Waals surface area contributed by atoms with Gasteiger partial charge in [-0.15, -0.1) is 0 Å². The second-order valence-corrected chi connectivity index (χ2v) is 6.50. The molecule has 1 saturated heterocycles. The van der Waals surface area contributed by atoms with E-state index in [2.05, 4.69) is 16.4 Å². The van der Waals surface area contributed by atoms with Gasteiger partial charge in [0.2, 0.25) is 5.91 Å². The maximum absolute atomic E-state index is 12.4. The number of thiophene rings is 1. The first-order valence-corrected chi connectivity index (χ1v) is 8.43. The summed E-state index contributed by atoms with van der Waals surface area (Å²) in [5, 5.41) is 4.10. The van der Waals surface area contributed by atoms with Gasteiger partial charge in [0.05, 0.1) is 6.42 Å². The highest BCUT2D eigenvalue weighted by atomic mass is 32.1. The van der Waals surface area contributed by atoms with Crippen molar-refractivity contribution in [3.8, 4) is 0 Å². The lowest BCUT2D eigenvalue weighted by Gasteiger charge is -2.33. The highest BCUT2D eigenvalue weighted by Gasteiger charge is 2.23. The lowest BCUT2D eigenvalue weighted by atomic mass is 9.91. The number of aromatic nitrogens is 1. The van der Waals surface area contributed by atoms with Crippen LogP contribution in [0.15, 0.2) is 41.4 Å². The number of amides is 1. The second kappa shape index (κ2) is 6.85. The monoisotopic (exact) mass is 300 g/mol. The predicted molar refractivity (Wildman–Crippen MR) is 85.3 cm³/mol. The van der Waals surface area contributed by atoms with Gasteiger partial charge < -0.3 is 4.90 Å². The van der Waals surface area contributed by atoms with E-state index in [4.69, 9.17) is 0 Å². The molecule has 3 nitrogen and oxygen atoms in total. The first kappa shape index (κ1) is 14.3. The Morgan fingerprint density at radius 1 is 1.38 bits per heavy atom. The van der Waals surface area contributed by atoms with Crippen LogP contribution in [0, 0.1) is 5.92 Å². The quantitative estimate of drug-likeness (QED) is 0.869. The second-order valence-electron chi connectivity index (χ2n) is 5.72. The van der Waals surface area contributed by atoms with E-state index in [-0.39, 0.29) is 5.91 Å². The first-order valence-electron chi connectivity index (χ1n) is 7.49. The summed E-state index contributed by atoms with van der Waals surface area (Å²) in [5.41, 5.74) is 2.41. The van der Waals surface area contributed by atoms with Gasteiger partial charge in [-0.1, -0.05) is 6.07 Å². The third-order valence-electron chi connectivity index (χ3n) is 4.05. The average molecular weight is 300 g/mol. The summed E-state index contributed by atoms with van der Waals surface area (Å²) in [5.74, 6) is 0.832. The lowest BCUT2D eigenvalue weighted by Crippen LogP contribution is -2.41. The number of carbonyl (C=O) groups is 1. The van der Waals surface area contributed by atoms with E-state index in [0.29, 0.717) is 12.3 Å². The highest BCUT2D eigenvalue weighted by molar-refractivity contribution is 7.07. The standard InChI is InChI=1S/C17H20N2OS/c20-17(10-16-5-8-21-13-16)19-7-2-4-15(12-19)9-14-3-1-6-18-11-14/h1,3,5-6,8,11,13,15H,2,4,7,9-10,12H2. The van der Waals surface area contributed by atoms with Crippen molar-refractivity contribution >= 4 is 17.2 Å². The molecule has 110 valence electrons. The summed E-state index contributed by atoms with van der Waals surface area (Å²) in [6.07, 6.45) is 7.63. The summed E-state index contributed by atoms with van der Waals surface area (Å²) in [7, 11) is 0. The van der Waals surface area contributed by atoms with Crippen molar-refractivity contribution in [3.05, 3.63) is 52.5 Å². The molecule has 21 heavy (non-hydrogen) atoms. The van der Waals surface area contributed by atoms with Gasteiger partial charge in [-0.25, -0.2) is 0 Å². The zero-order chi connectivity index (χ0) is 14.5. The summed E-state index contributed by atoms with van der Waals surface area (Å²) in [4.78, 5) is 18.6. The van der Waals surface area contributed by atoms with Crippen LogP contribution in [-0.4, -0.2) is 28.9 Å². The fourth-order valence-corrected chi connectivity index (χ4v) is 3.66. The minimum atomic E-state index is 0.268. The zero-order valence-electron chi connectivity index (χ0n) is 12.1. The molecule has 0 aliphatic carbocycles. The van der Waals surface area contributed by atoms with E-state index in [1.807, 2.05) is 28.6 Å². The molecule has 1 unspecified atom stereocenters. The van der Waals surface area contributed by atoms with Gasteiger partial charge in [-0.3, -0.25) is 9.78 Å². The molecule has 0 radical (unpaired) electrons. The van der Waals surface area contributed by atoms with Crippen LogP contribution in [0.1, 0.15) is 24.0 Å². The molecule has 1 atom stereocenters. The van der Waals surface area contributed by atoms with Gasteiger partial charge in [0.1, 0.15) is 0 Å². The van der Waals surface area contributed by atoms with Crippen molar-refractivity contribution in [2.75, 3.05) is 13.1 Å². The van der Waals surface area contributed by atoms with Crippen LogP contribution in [0.5, 0.6) is 0 Å². The zero-order valence-corrected chi connectivity index (χ0v) is 12.9. The molecule has 2 aromatic heterocycles. The van der Waals surface area contributed by atoms with E-state index in [1.54, 1.807) is 17.5 Å². The first-order chi connectivity index (χ1) is 10.3. The number of piperidine rings is 1. The summed E-state index contributed by atoms with van der Waals surface area (Å²) in [6.45, 7) is 1.80. The van der Waals surface area contributed by atoms with E-state index in [9.17, 15) is 4.79 Å². The van der Waals surface area contributed by atoms with Crippen molar-refractivity contribution in [1.29, 1.82) is 0 Å². The Kier molecular flexibility index (Phi) is 4.65. The molecule has 3 heterocycles. The Balaban J connectivity index is 1.56. The third-order valence-corrected chi connectivity index (χ3v) is 4.79.